The van der Waals surface area contributed by atoms with E-state index >= 15 is 0 Å². The predicted molar refractivity (Wildman–Crippen MR) is 88.9 cm³/mol. The quantitative estimate of drug-likeness (QED) is 0.889. The molecular weight excluding hydrogens is 346 g/mol. The van der Waals surface area contributed by atoms with Gasteiger partial charge in [0.2, 0.25) is 0 Å². The maximum absolute atomic E-state index is 10.5. The number of benzene rings is 1. The van der Waals surface area contributed by atoms with Crippen LogP contribution in [0.2, 0.25) is 0 Å². The van der Waals surface area contributed by atoms with Gasteiger partial charge >= 0.3 is 0 Å². The van der Waals surface area contributed by atoms with Crippen molar-refractivity contribution in [2.45, 2.75) is 31.0 Å². The Bertz CT molecular complexity index is 491. The fraction of sp³-hybridized carbons (Fsp3) is 0.647. The van der Waals surface area contributed by atoms with E-state index in [2.05, 4.69) is 20.8 Å². The van der Waals surface area contributed by atoms with Crippen LogP contribution in [-0.4, -0.2) is 55.1 Å². The number of hydrogen-bond donors (Lipinski definition) is 1. The molecule has 5 heteroatoms. The Labute approximate surface area is 140 Å². The smallest absolute Gasteiger partial charge is 0.0917 e. The lowest BCUT2D eigenvalue weighted by atomic mass is 9.90. The highest BCUT2D eigenvalue weighted by atomic mass is 79.9. The van der Waals surface area contributed by atoms with Crippen LogP contribution in [0.4, 0.5) is 0 Å². The number of hydrogen-bond acceptors (Lipinski definition) is 4. The number of ether oxygens (including phenoxy) is 2. The first-order chi connectivity index (χ1) is 10.7. The van der Waals surface area contributed by atoms with Gasteiger partial charge in [0.1, 0.15) is 0 Å². The fourth-order valence-corrected chi connectivity index (χ4v) is 3.74. The molecule has 1 unspecified atom stereocenters. The van der Waals surface area contributed by atoms with Crippen LogP contribution < -0.4 is 0 Å². The van der Waals surface area contributed by atoms with Gasteiger partial charge < -0.3 is 14.6 Å². The Balaban J connectivity index is 1.57. The van der Waals surface area contributed by atoms with Gasteiger partial charge in [-0.15, -0.1) is 0 Å². The van der Waals surface area contributed by atoms with Crippen molar-refractivity contribution in [3.8, 4) is 0 Å². The van der Waals surface area contributed by atoms with Crippen LogP contribution in [0.25, 0.3) is 0 Å². The minimum absolute atomic E-state index is 0.00767. The van der Waals surface area contributed by atoms with Crippen molar-refractivity contribution in [3.05, 3.63) is 34.3 Å². The molecule has 0 amide bonds. The lowest BCUT2D eigenvalue weighted by Gasteiger charge is -2.36. The first-order valence-corrected chi connectivity index (χ1v) is 8.84. The van der Waals surface area contributed by atoms with Crippen LogP contribution in [0.5, 0.6) is 0 Å². The van der Waals surface area contributed by atoms with Crippen molar-refractivity contribution in [2.75, 3.05) is 39.5 Å². The summed E-state index contributed by atoms with van der Waals surface area (Å²) in [5, 5.41) is 10.5. The second kappa shape index (κ2) is 7.41. The molecule has 0 saturated carbocycles. The largest absolute Gasteiger partial charge is 0.387 e. The number of halogens is 1. The Hall–Kier alpha value is -0.460. The third kappa shape index (κ3) is 4.09. The molecular formula is C17H24BrNO3. The van der Waals surface area contributed by atoms with Crippen LogP contribution in [-0.2, 0) is 9.47 Å². The average Bonchev–Trinajstić information content (AvgIpc) is 2.71. The minimum Gasteiger partial charge on any atom is -0.387 e. The van der Waals surface area contributed by atoms with Crippen molar-refractivity contribution in [1.29, 1.82) is 0 Å². The standard InChI is InChI=1S/C17H24BrNO3/c18-15-3-1-2-14(12-15)16(20)13-19-7-4-17(22-11-8-19)5-9-21-10-6-17/h1-3,12,16,20H,4-11,13H2. The Morgan fingerprint density at radius 1 is 1.18 bits per heavy atom. The summed E-state index contributed by atoms with van der Waals surface area (Å²) < 4.78 is 12.6. The molecule has 3 rings (SSSR count). The second-order valence-electron chi connectivity index (χ2n) is 6.27. The molecule has 1 atom stereocenters. The van der Waals surface area contributed by atoms with Gasteiger partial charge in [-0.25, -0.2) is 0 Å². The summed E-state index contributed by atoms with van der Waals surface area (Å²) in [5.74, 6) is 0. The van der Waals surface area contributed by atoms with E-state index in [4.69, 9.17) is 9.47 Å². The Morgan fingerprint density at radius 2 is 2.00 bits per heavy atom. The van der Waals surface area contributed by atoms with Gasteiger partial charge in [-0.2, -0.15) is 0 Å². The van der Waals surface area contributed by atoms with Gasteiger partial charge in [0, 0.05) is 37.3 Å². The van der Waals surface area contributed by atoms with Crippen LogP contribution in [0.1, 0.15) is 30.9 Å². The van der Waals surface area contributed by atoms with E-state index < -0.39 is 6.10 Å². The Kier molecular flexibility index (Phi) is 5.52. The van der Waals surface area contributed by atoms with Crippen molar-refractivity contribution < 1.29 is 14.6 Å². The lowest BCUT2D eigenvalue weighted by Crippen LogP contribution is -2.39. The monoisotopic (exact) mass is 369 g/mol. The van der Waals surface area contributed by atoms with E-state index in [1.165, 1.54) is 0 Å². The Morgan fingerprint density at radius 3 is 2.77 bits per heavy atom. The van der Waals surface area contributed by atoms with Gasteiger partial charge in [-0.05, 0) is 37.0 Å². The molecule has 22 heavy (non-hydrogen) atoms. The zero-order chi connectivity index (χ0) is 15.4. The molecule has 1 aromatic rings. The summed E-state index contributed by atoms with van der Waals surface area (Å²) in [4.78, 5) is 2.32. The molecule has 1 N–H and O–H groups in total. The SMILES string of the molecule is OC(CN1CCOC2(CCOCC2)CC1)c1cccc(Br)c1. The summed E-state index contributed by atoms with van der Waals surface area (Å²) in [6.45, 7) is 4.87. The third-order valence-corrected chi connectivity index (χ3v) is 5.26. The molecule has 0 bridgehead atoms. The average molecular weight is 370 g/mol. The van der Waals surface area contributed by atoms with E-state index in [1.54, 1.807) is 0 Å². The highest BCUT2D eigenvalue weighted by Gasteiger charge is 2.35. The van der Waals surface area contributed by atoms with Crippen molar-refractivity contribution in [2.24, 2.45) is 0 Å². The maximum atomic E-state index is 10.5. The van der Waals surface area contributed by atoms with E-state index in [0.29, 0.717) is 6.54 Å². The zero-order valence-corrected chi connectivity index (χ0v) is 14.4. The fourth-order valence-electron chi connectivity index (χ4n) is 3.32. The maximum Gasteiger partial charge on any atom is 0.0917 e. The summed E-state index contributed by atoms with van der Waals surface area (Å²) in [5.41, 5.74) is 0.966. The summed E-state index contributed by atoms with van der Waals surface area (Å²) in [7, 11) is 0. The van der Waals surface area contributed by atoms with E-state index in [0.717, 1.165) is 62.2 Å². The molecule has 1 aromatic carbocycles. The van der Waals surface area contributed by atoms with Crippen molar-refractivity contribution in [1.82, 2.24) is 4.90 Å². The number of rotatable bonds is 3. The first kappa shape index (κ1) is 16.4. The molecule has 122 valence electrons. The van der Waals surface area contributed by atoms with E-state index in [9.17, 15) is 5.11 Å². The molecule has 0 aliphatic carbocycles. The number of nitrogens with zero attached hydrogens (tertiary/aromatic N) is 1. The normalized spacial score (nSPS) is 24.1. The van der Waals surface area contributed by atoms with Crippen LogP contribution >= 0.6 is 15.9 Å². The highest BCUT2D eigenvalue weighted by molar-refractivity contribution is 9.10. The molecule has 2 aliphatic rings. The van der Waals surface area contributed by atoms with Gasteiger partial charge in [-0.1, -0.05) is 28.1 Å². The molecule has 2 fully saturated rings. The van der Waals surface area contributed by atoms with Gasteiger partial charge in [0.25, 0.3) is 0 Å². The summed E-state index contributed by atoms with van der Waals surface area (Å²) in [6.07, 6.45) is 2.56. The van der Waals surface area contributed by atoms with Crippen LogP contribution in [0.15, 0.2) is 28.7 Å². The van der Waals surface area contributed by atoms with E-state index in [1.807, 2.05) is 24.3 Å². The molecule has 2 heterocycles. The summed E-state index contributed by atoms with van der Waals surface area (Å²) in [6, 6.07) is 7.90. The minimum atomic E-state index is -0.457. The third-order valence-electron chi connectivity index (χ3n) is 4.77. The topological polar surface area (TPSA) is 41.9 Å². The molecule has 1 spiro atoms. The predicted octanol–water partition coefficient (Wildman–Crippen LogP) is 2.75. The van der Waals surface area contributed by atoms with Gasteiger partial charge in [-0.3, -0.25) is 4.90 Å². The lowest BCUT2D eigenvalue weighted by molar-refractivity contribution is -0.105. The van der Waals surface area contributed by atoms with Crippen LogP contribution in [0, 0.1) is 0 Å². The van der Waals surface area contributed by atoms with Crippen molar-refractivity contribution in [3.63, 3.8) is 0 Å². The van der Waals surface area contributed by atoms with Crippen LogP contribution in [0.3, 0.4) is 0 Å². The number of aliphatic hydroxyl groups is 1. The molecule has 0 aromatic heterocycles. The number of β-amino-alcohol motifs (C(OH)–C–C–N with tert-alkyl or cyclic N) is 1. The molecule has 4 nitrogen and oxygen atoms in total. The number of aliphatic hydroxyl groups excluding tert-OH is 1. The molecule has 0 radical (unpaired) electrons. The second-order valence-corrected chi connectivity index (χ2v) is 7.18. The summed E-state index contributed by atoms with van der Waals surface area (Å²) >= 11 is 3.46. The molecule has 2 aliphatic heterocycles. The van der Waals surface area contributed by atoms with Gasteiger partial charge in [0.05, 0.1) is 18.3 Å². The first-order valence-electron chi connectivity index (χ1n) is 8.04. The van der Waals surface area contributed by atoms with Crippen molar-refractivity contribution >= 4 is 15.9 Å². The highest BCUT2D eigenvalue weighted by Crippen LogP contribution is 2.31. The zero-order valence-electron chi connectivity index (χ0n) is 12.8. The van der Waals surface area contributed by atoms with Gasteiger partial charge in [0.15, 0.2) is 0 Å². The van der Waals surface area contributed by atoms with E-state index in [-0.39, 0.29) is 5.60 Å². The molecule has 2 saturated heterocycles.